The molecule has 1 atom stereocenters. The number of amides is 2. The Hall–Kier alpha value is -2.71. The number of H-pyrrole nitrogens is 1. The summed E-state index contributed by atoms with van der Waals surface area (Å²) in [5.41, 5.74) is 1.58. The van der Waals surface area contributed by atoms with Gasteiger partial charge in [-0.15, -0.1) is 0 Å². The van der Waals surface area contributed by atoms with E-state index in [1.165, 1.54) is 6.20 Å². The molecule has 1 heterocycles. The Balaban J connectivity index is 0.00000212. The van der Waals surface area contributed by atoms with Crippen LogP contribution in [0.15, 0.2) is 36.5 Å². The second-order valence-electron chi connectivity index (χ2n) is 6.23. The minimum atomic E-state index is -0.406. The first-order valence-corrected chi connectivity index (χ1v) is 11.1. The van der Waals surface area contributed by atoms with Crippen molar-refractivity contribution in [3.63, 3.8) is 0 Å². The molecule has 2 aromatic rings. The average molecular weight is 434 g/mol. The first kappa shape index (κ1) is 28.3. The highest BCUT2D eigenvalue weighted by Crippen LogP contribution is 2.12. The zero-order valence-corrected chi connectivity index (χ0v) is 19.5. The molecule has 5 N–H and O–H groups in total. The number of hydrogen-bond acceptors (Lipinski definition) is 5. The molecule has 8 nitrogen and oxygen atoms in total. The highest BCUT2D eigenvalue weighted by Gasteiger charge is 2.17. The second kappa shape index (κ2) is 18.1. The third kappa shape index (κ3) is 11.3. The van der Waals surface area contributed by atoms with Crippen molar-refractivity contribution in [1.29, 1.82) is 0 Å². The number of aliphatic hydroxyl groups is 1. The number of carbonyl (C=O) groups excluding carboxylic acids is 2. The Labute approximate surface area is 186 Å². The van der Waals surface area contributed by atoms with Crippen LogP contribution in [-0.2, 0) is 6.54 Å². The lowest BCUT2D eigenvalue weighted by Crippen LogP contribution is -2.34. The van der Waals surface area contributed by atoms with Gasteiger partial charge in [0.25, 0.3) is 0 Å². The number of aliphatic hydroxyl groups excluding tert-OH is 1. The zero-order valence-electron chi connectivity index (χ0n) is 19.5. The van der Waals surface area contributed by atoms with Gasteiger partial charge in [0.05, 0.1) is 18.4 Å². The van der Waals surface area contributed by atoms with Crippen LogP contribution in [0.1, 0.15) is 69.9 Å². The van der Waals surface area contributed by atoms with Crippen molar-refractivity contribution >= 4 is 17.5 Å². The Kier molecular flexibility index (Phi) is 16.5. The standard InChI is InChI=1S/C19H27N5O3.2C2H6/c1-2-15(9-6-10-25)20-13-17(26)18-16(12-22-24-18)23-19(27)21-11-14-7-4-3-5-8-14;2*1-2/h3-5,7-8,12,15,20,25H,2,6,9-11,13H2,1H3,(H,22,24)(H2,21,23,27);2*1-2H3/t15-;;/m0../s1. The Morgan fingerprint density at radius 1 is 1.13 bits per heavy atom. The number of anilines is 1. The van der Waals surface area contributed by atoms with Crippen molar-refractivity contribution in [3.05, 3.63) is 47.8 Å². The predicted molar refractivity (Wildman–Crippen MR) is 126 cm³/mol. The number of hydrogen-bond donors (Lipinski definition) is 5. The summed E-state index contributed by atoms with van der Waals surface area (Å²) in [7, 11) is 0. The van der Waals surface area contributed by atoms with Crippen LogP contribution in [0, 0.1) is 0 Å². The topological polar surface area (TPSA) is 119 Å². The smallest absolute Gasteiger partial charge is 0.319 e. The summed E-state index contributed by atoms with van der Waals surface area (Å²) in [5.74, 6) is -0.187. The largest absolute Gasteiger partial charge is 0.396 e. The molecule has 1 aromatic heterocycles. The van der Waals surface area contributed by atoms with Crippen molar-refractivity contribution in [2.24, 2.45) is 0 Å². The first-order valence-electron chi connectivity index (χ1n) is 11.1. The first-order chi connectivity index (χ1) is 15.1. The van der Waals surface area contributed by atoms with E-state index in [4.69, 9.17) is 5.11 Å². The summed E-state index contributed by atoms with van der Waals surface area (Å²) >= 11 is 0. The molecule has 0 saturated carbocycles. The Morgan fingerprint density at radius 3 is 2.42 bits per heavy atom. The van der Waals surface area contributed by atoms with Gasteiger partial charge in [-0.1, -0.05) is 65.0 Å². The Bertz CT molecular complexity index is 719. The number of carbonyl (C=O) groups is 2. The van der Waals surface area contributed by atoms with Gasteiger partial charge in [-0.25, -0.2) is 4.79 Å². The molecule has 174 valence electrons. The van der Waals surface area contributed by atoms with Gasteiger partial charge in [-0.2, -0.15) is 5.10 Å². The van der Waals surface area contributed by atoms with Crippen molar-refractivity contribution in [3.8, 4) is 0 Å². The molecule has 0 aliphatic rings. The van der Waals surface area contributed by atoms with Crippen molar-refractivity contribution in [2.45, 2.75) is 66.5 Å². The van der Waals surface area contributed by atoms with Gasteiger partial charge >= 0.3 is 6.03 Å². The third-order valence-electron chi connectivity index (χ3n) is 4.22. The number of aromatic nitrogens is 2. The number of ketones is 1. The van der Waals surface area contributed by atoms with E-state index in [0.29, 0.717) is 18.7 Å². The van der Waals surface area contributed by atoms with Crippen LogP contribution < -0.4 is 16.0 Å². The monoisotopic (exact) mass is 433 g/mol. The molecule has 1 aromatic carbocycles. The fraction of sp³-hybridized carbons (Fsp3) is 0.522. The molecule has 0 spiro atoms. The minimum absolute atomic E-state index is 0.131. The molecular weight excluding hydrogens is 394 g/mol. The molecule has 0 unspecified atom stereocenters. The number of aromatic amines is 1. The average Bonchev–Trinajstić information content (AvgIpc) is 3.29. The van der Waals surface area contributed by atoms with E-state index in [0.717, 1.165) is 18.4 Å². The fourth-order valence-electron chi connectivity index (χ4n) is 2.65. The quantitative estimate of drug-likeness (QED) is 0.342. The van der Waals surface area contributed by atoms with E-state index >= 15 is 0 Å². The third-order valence-corrected chi connectivity index (χ3v) is 4.22. The normalized spacial score (nSPS) is 10.6. The highest BCUT2D eigenvalue weighted by atomic mass is 16.3. The van der Waals surface area contributed by atoms with E-state index in [-0.39, 0.29) is 30.7 Å². The maximum absolute atomic E-state index is 12.4. The maximum atomic E-state index is 12.4. The summed E-state index contributed by atoms with van der Waals surface area (Å²) in [6.45, 7) is 10.7. The number of nitrogens with one attached hydrogen (secondary N) is 4. The van der Waals surface area contributed by atoms with E-state index in [9.17, 15) is 9.59 Å². The number of Topliss-reactive ketones (excluding diaryl/α,β-unsaturated/α-hetero) is 1. The van der Waals surface area contributed by atoms with Crippen LogP contribution in [0.3, 0.4) is 0 Å². The van der Waals surface area contributed by atoms with Gasteiger partial charge in [-0.3, -0.25) is 9.89 Å². The molecule has 0 fully saturated rings. The SMILES string of the molecule is CC.CC.CC[C@@H](CCCO)NCC(=O)c1[nH]ncc1NC(=O)NCc1ccccc1. The lowest BCUT2D eigenvalue weighted by atomic mass is 10.1. The van der Waals surface area contributed by atoms with E-state index < -0.39 is 6.03 Å². The lowest BCUT2D eigenvalue weighted by Gasteiger charge is -2.15. The molecule has 0 saturated heterocycles. The predicted octanol–water partition coefficient (Wildman–Crippen LogP) is 4.11. The number of urea groups is 1. The van der Waals surface area contributed by atoms with Gasteiger partial charge in [-0.05, 0) is 24.8 Å². The highest BCUT2D eigenvalue weighted by molar-refractivity contribution is 6.03. The lowest BCUT2D eigenvalue weighted by molar-refractivity contribution is 0.0982. The van der Waals surface area contributed by atoms with Gasteiger partial charge in [0, 0.05) is 19.2 Å². The molecular formula is C23H39N5O3. The van der Waals surface area contributed by atoms with Gasteiger partial charge in [0.15, 0.2) is 5.78 Å². The Morgan fingerprint density at radius 2 is 1.81 bits per heavy atom. The van der Waals surface area contributed by atoms with Crippen LogP contribution in [0.5, 0.6) is 0 Å². The molecule has 2 rings (SSSR count). The summed E-state index contributed by atoms with van der Waals surface area (Å²) in [4.78, 5) is 24.5. The molecule has 0 aliphatic heterocycles. The fourth-order valence-corrected chi connectivity index (χ4v) is 2.65. The summed E-state index contributed by atoms with van der Waals surface area (Å²) in [6.07, 6.45) is 3.77. The van der Waals surface area contributed by atoms with Gasteiger partial charge in [0.1, 0.15) is 5.69 Å². The zero-order chi connectivity index (χ0) is 23.5. The minimum Gasteiger partial charge on any atom is -0.396 e. The number of rotatable bonds is 11. The summed E-state index contributed by atoms with van der Waals surface area (Å²) in [6, 6.07) is 9.30. The van der Waals surface area contributed by atoms with Crippen LogP contribution >= 0.6 is 0 Å². The van der Waals surface area contributed by atoms with E-state index in [1.807, 2.05) is 65.0 Å². The van der Waals surface area contributed by atoms with Crippen molar-refractivity contribution in [2.75, 3.05) is 18.5 Å². The molecule has 0 radical (unpaired) electrons. The molecule has 31 heavy (non-hydrogen) atoms. The van der Waals surface area contributed by atoms with Crippen LogP contribution in [0.2, 0.25) is 0 Å². The molecule has 8 heteroatoms. The summed E-state index contributed by atoms with van der Waals surface area (Å²) in [5, 5.41) is 24.0. The van der Waals surface area contributed by atoms with Gasteiger partial charge < -0.3 is 21.1 Å². The number of nitrogens with zero attached hydrogens (tertiary/aromatic N) is 1. The number of benzene rings is 1. The maximum Gasteiger partial charge on any atom is 0.319 e. The van der Waals surface area contributed by atoms with Crippen LogP contribution in [0.25, 0.3) is 0 Å². The molecule has 0 aliphatic carbocycles. The van der Waals surface area contributed by atoms with Crippen LogP contribution in [0.4, 0.5) is 10.5 Å². The summed E-state index contributed by atoms with van der Waals surface area (Å²) < 4.78 is 0. The molecule has 0 bridgehead atoms. The van der Waals surface area contributed by atoms with E-state index in [1.54, 1.807) is 0 Å². The van der Waals surface area contributed by atoms with Gasteiger partial charge in [0.2, 0.25) is 0 Å². The van der Waals surface area contributed by atoms with E-state index in [2.05, 4.69) is 26.1 Å². The second-order valence-corrected chi connectivity index (χ2v) is 6.23. The van der Waals surface area contributed by atoms with Crippen molar-refractivity contribution in [1.82, 2.24) is 20.8 Å². The van der Waals surface area contributed by atoms with Crippen molar-refractivity contribution < 1.29 is 14.7 Å². The van der Waals surface area contributed by atoms with Crippen LogP contribution in [-0.4, -0.2) is 46.3 Å². The molecule has 2 amide bonds.